The second-order valence-electron chi connectivity index (χ2n) is 4.08. The van der Waals surface area contributed by atoms with Crippen molar-refractivity contribution in [2.75, 3.05) is 12.4 Å². The van der Waals surface area contributed by atoms with Crippen LogP contribution < -0.4 is 5.32 Å². The van der Waals surface area contributed by atoms with Crippen molar-refractivity contribution in [3.8, 4) is 11.1 Å². The molecule has 3 nitrogen and oxygen atoms in total. The largest absolute Gasteiger partial charge is 0.357 e. The van der Waals surface area contributed by atoms with Crippen molar-refractivity contribution in [1.29, 1.82) is 0 Å². The lowest BCUT2D eigenvalue weighted by Gasteiger charge is -2.04. The van der Waals surface area contributed by atoms with Crippen LogP contribution in [-0.4, -0.2) is 17.0 Å². The maximum atomic E-state index is 4.41. The average molecular weight is 235 g/mol. The van der Waals surface area contributed by atoms with Gasteiger partial charge in [0.25, 0.3) is 0 Å². The van der Waals surface area contributed by atoms with Gasteiger partial charge in [-0.25, -0.2) is 9.97 Å². The number of nitrogens with zero attached hydrogens (tertiary/aromatic N) is 2. The third kappa shape index (κ3) is 1.91. The quantitative estimate of drug-likeness (QED) is 0.740. The topological polar surface area (TPSA) is 37.8 Å². The monoisotopic (exact) mass is 235 g/mol. The summed E-state index contributed by atoms with van der Waals surface area (Å²) in [6, 6.07) is 16.5. The lowest BCUT2D eigenvalue weighted by atomic mass is 10.0. The van der Waals surface area contributed by atoms with E-state index in [1.165, 1.54) is 11.1 Å². The molecule has 3 aromatic rings. The van der Waals surface area contributed by atoms with Gasteiger partial charge < -0.3 is 5.32 Å². The third-order valence-corrected chi connectivity index (χ3v) is 2.91. The van der Waals surface area contributed by atoms with E-state index in [2.05, 4.69) is 39.6 Å². The second kappa shape index (κ2) is 4.45. The summed E-state index contributed by atoms with van der Waals surface area (Å²) in [5.41, 5.74) is 3.34. The first-order valence-electron chi connectivity index (χ1n) is 5.87. The van der Waals surface area contributed by atoms with Crippen molar-refractivity contribution < 1.29 is 0 Å². The molecule has 0 unspecified atom stereocenters. The third-order valence-electron chi connectivity index (χ3n) is 2.91. The van der Waals surface area contributed by atoms with Crippen LogP contribution in [-0.2, 0) is 0 Å². The Balaban J connectivity index is 2.12. The lowest BCUT2D eigenvalue weighted by molar-refractivity contribution is 1.19. The van der Waals surface area contributed by atoms with Crippen LogP contribution in [0.5, 0.6) is 0 Å². The molecule has 1 aromatic heterocycles. The first-order chi connectivity index (χ1) is 8.86. The number of anilines is 1. The molecule has 0 bridgehead atoms. The Morgan fingerprint density at radius 3 is 2.56 bits per heavy atom. The van der Waals surface area contributed by atoms with Gasteiger partial charge >= 0.3 is 0 Å². The Bertz CT molecular complexity index is 678. The Morgan fingerprint density at radius 1 is 0.944 bits per heavy atom. The Labute approximate surface area is 106 Å². The van der Waals surface area contributed by atoms with E-state index < -0.39 is 0 Å². The van der Waals surface area contributed by atoms with Gasteiger partial charge in [0, 0.05) is 18.6 Å². The van der Waals surface area contributed by atoms with E-state index >= 15 is 0 Å². The van der Waals surface area contributed by atoms with Crippen molar-refractivity contribution in [1.82, 2.24) is 9.97 Å². The average Bonchev–Trinajstić information content (AvgIpc) is 2.47. The number of fused-ring (bicyclic) bond motifs is 1. The molecule has 0 saturated carbocycles. The van der Waals surface area contributed by atoms with E-state index in [0.717, 1.165) is 10.9 Å². The predicted octanol–water partition coefficient (Wildman–Crippen LogP) is 3.34. The maximum Gasteiger partial charge on any atom is 0.222 e. The molecular formula is C15H13N3. The van der Waals surface area contributed by atoms with Crippen molar-refractivity contribution in [3.63, 3.8) is 0 Å². The fourth-order valence-electron chi connectivity index (χ4n) is 1.96. The first-order valence-corrected chi connectivity index (χ1v) is 5.87. The molecule has 1 heterocycles. The minimum absolute atomic E-state index is 0.648. The maximum absolute atomic E-state index is 4.41. The van der Waals surface area contributed by atoms with Crippen LogP contribution in [0.25, 0.3) is 22.0 Å². The van der Waals surface area contributed by atoms with Gasteiger partial charge in [-0.2, -0.15) is 0 Å². The highest BCUT2D eigenvalue weighted by Crippen LogP contribution is 2.23. The highest BCUT2D eigenvalue weighted by atomic mass is 15.1. The van der Waals surface area contributed by atoms with Crippen molar-refractivity contribution in [3.05, 3.63) is 54.7 Å². The molecule has 0 fully saturated rings. The van der Waals surface area contributed by atoms with Crippen LogP contribution in [0.1, 0.15) is 0 Å². The van der Waals surface area contributed by atoms with Gasteiger partial charge in [-0.1, -0.05) is 36.4 Å². The highest BCUT2D eigenvalue weighted by molar-refractivity contribution is 5.84. The van der Waals surface area contributed by atoms with E-state index in [-0.39, 0.29) is 0 Å². The van der Waals surface area contributed by atoms with Crippen molar-refractivity contribution in [2.45, 2.75) is 0 Å². The standard InChI is InChI=1S/C15H13N3/c1-16-15-17-10-13-9-12(7-8-14(13)18-15)11-5-3-2-4-6-11/h2-10H,1H3,(H,16,17,18). The predicted molar refractivity (Wildman–Crippen MR) is 74.5 cm³/mol. The fourth-order valence-corrected chi connectivity index (χ4v) is 1.96. The van der Waals surface area contributed by atoms with Crippen LogP contribution in [0, 0.1) is 0 Å². The summed E-state index contributed by atoms with van der Waals surface area (Å²) in [6.45, 7) is 0. The fraction of sp³-hybridized carbons (Fsp3) is 0.0667. The van der Waals surface area contributed by atoms with E-state index in [1.807, 2.05) is 37.5 Å². The zero-order valence-electron chi connectivity index (χ0n) is 10.1. The molecule has 18 heavy (non-hydrogen) atoms. The summed E-state index contributed by atoms with van der Waals surface area (Å²) in [5, 5.41) is 3.99. The number of nitrogens with one attached hydrogen (secondary N) is 1. The van der Waals surface area contributed by atoms with Gasteiger partial charge in [0.1, 0.15) is 0 Å². The minimum atomic E-state index is 0.648. The normalized spacial score (nSPS) is 10.5. The molecule has 0 aliphatic carbocycles. The molecule has 3 rings (SSSR count). The Kier molecular flexibility index (Phi) is 2.65. The number of hydrogen-bond acceptors (Lipinski definition) is 3. The SMILES string of the molecule is CNc1ncc2cc(-c3ccccc3)ccc2n1. The number of rotatable bonds is 2. The summed E-state index contributed by atoms with van der Waals surface area (Å²) in [5.74, 6) is 0.648. The Morgan fingerprint density at radius 2 is 1.78 bits per heavy atom. The molecule has 0 atom stereocenters. The van der Waals surface area contributed by atoms with Crippen LogP contribution in [0.4, 0.5) is 5.95 Å². The van der Waals surface area contributed by atoms with Crippen molar-refractivity contribution >= 4 is 16.9 Å². The first kappa shape index (κ1) is 10.7. The van der Waals surface area contributed by atoms with E-state index in [0.29, 0.717) is 5.95 Å². The van der Waals surface area contributed by atoms with E-state index in [1.54, 1.807) is 0 Å². The molecule has 0 aliphatic rings. The molecule has 2 aromatic carbocycles. The molecule has 0 amide bonds. The number of aromatic nitrogens is 2. The van der Waals surface area contributed by atoms with Gasteiger partial charge in [0.05, 0.1) is 5.52 Å². The van der Waals surface area contributed by atoms with E-state index in [4.69, 9.17) is 0 Å². The van der Waals surface area contributed by atoms with Gasteiger partial charge in [-0.05, 0) is 23.3 Å². The highest BCUT2D eigenvalue weighted by Gasteiger charge is 2.01. The van der Waals surface area contributed by atoms with Crippen LogP contribution in [0.2, 0.25) is 0 Å². The molecule has 88 valence electrons. The zero-order valence-corrected chi connectivity index (χ0v) is 10.1. The smallest absolute Gasteiger partial charge is 0.222 e. The summed E-state index contributed by atoms with van der Waals surface area (Å²) >= 11 is 0. The molecule has 3 heteroatoms. The van der Waals surface area contributed by atoms with Crippen molar-refractivity contribution in [2.24, 2.45) is 0 Å². The summed E-state index contributed by atoms with van der Waals surface area (Å²) in [6.07, 6.45) is 1.85. The molecular weight excluding hydrogens is 222 g/mol. The number of hydrogen-bond donors (Lipinski definition) is 1. The molecule has 0 spiro atoms. The van der Waals surface area contributed by atoms with Gasteiger partial charge in [-0.3, -0.25) is 0 Å². The second-order valence-corrected chi connectivity index (χ2v) is 4.08. The molecule has 0 radical (unpaired) electrons. The van der Waals surface area contributed by atoms with Gasteiger partial charge in [0.2, 0.25) is 5.95 Å². The molecule has 1 N–H and O–H groups in total. The summed E-state index contributed by atoms with van der Waals surface area (Å²) in [4.78, 5) is 8.64. The lowest BCUT2D eigenvalue weighted by Crippen LogP contribution is -1.95. The van der Waals surface area contributed by atoms with E-state index in [9.17, 15) is 0 Å². The van der Waals surface area contributed by atoms with Crippen LogP contribution in [0.15, 0.2) is 54.7 Å². The summed E-state index contributed by atoms with van der Waals surface area (Å²) in [7, 11) is 1.82. The zero-order chi connectivity index (χ0) is 12.4. The van der Waals surface area contributed by atoms with Gasteiger partial charge in [0.15, 0.2) is 0 Å². The summed E-state index contributed by atoms with van der Waals surface area (Å²) < 4.78 is 0. The van der Waals surface area contributed by atoms with Gasteiger partial charge in [-0.15, -0.1) is 0 Å². The number of benzene rings is 2. The molecule has 0 saturated heterocycles. The minimum Gasteiger partial charge on any atom is -0.357 e. The van der Waals surface area contributed by atoms with Crippen LogP contribution >= 0.6 is 0 Å². The Hall–Kier alpha value is -2.42. The molecule has 0 aliphatic heterocycles. The van der Waals surface area contributed by atoms with Crippen LogP contribution in [0.3, 0.4) is 0 Å².